The summed E-state index contributed by atoms with van der Waals surface area (Å²) in [6.45, 7) is 0.650. The highest BCUT2D eigenvalue weighted by atomic mass is 35.5. The van der Waals surface area contributed by atoms with Crippen molar-refractivity contribution in [3.05, 3.63) is 56.5 Å². The molecule has 39 heavy (non-hydrogen) atoms. The largest absolute Gasteiger partial charge is 0.465 e. The van der Waals surface area contributed by atoms with Crippen molar-refractivity contribution in [3.8, 4) is 0 Å². The first-order chi connectivity index (χ1) is 18.3. The number of cyclic esters (lactones) is 1. The van der Waals surface area contributed by atoms with Gasteiger partial charge in [0.25, 0.3) is 0 Å². The number of ether oxygens (including phenoxy) is 2. The second-order valence-corrected chi connectivity index (χ2v) is 9.62. The third kappa shape index (κ3) is 5.59. The van der Waals surface area contributed by atoms with Gasteiger partial charge in [-0.2, -0.15) is 13.2 Å². The van der Waals surface area contributed by atoms with Gasteiger partial charge < -0.3 is 9.47 Å². The molecule has 0 radical (unpaired) electrons. The molecule has 0 spiro atoms. The normalized spacial score (nSPS) is 18.1. The van der Waals surface area contributed by atoms with Crippen LogP contribution in [0.2, 0.25) is 15.1 Å². The van der Waals surface area contributed by atoms with Gasteiger partial charge in [0.05, 0.1) is 52.6 Å². The molecule has 9 nitrogen and oxygen atoms in total. The second kappa shape index (κ2) is 11.1. The van der Waals surface area contributed by atoms with E-state index in [1.165, 1.54) is 30.0 Å². The van der Waals surface area contributed by atoms with Gasteiger partial charge >= 0.3 is 24.3 Å². The fourth-order valence-corrected chi connectivity index (χ4v) is 5.17. The van der Waals surface area contributed by atoms with E-state index in [0.29, 0.717) is 4.90 Å². The van der Waals surface area contributed by atoms with Crippen molar-refractivity contribution in [2.24, 2.45) is 5.92 Å². The number of amides is 4. The summed E-state index contributed by atoms with van der Waals surface area (Å²) in [5.74, 6) is -3.41. The van der Waals surface area contributed by atoms with Crippen LogP contribution in [0.5, 0.6) is 0 Å². The van der Waals surface area contributed by atoms with E-state index >= 15 is 0 Å². The van der Waals surface area contributed by atoms with Crippen LogP contribution in [0, 0.1) is 5.92 Å². The van der Waals surface area contributed by atoms with Crippen LogP contribution in [0.25, 0.3) is 0 Å². The van der Waals surface area contributed by atoms with E-state index in [9.17, 15) is 32.3 Å². The maximum absolute atomic E-state index is 13.5. The number of urea groups is 1. The van der Waals surface area contributed by atoms with Gasteiger partial charge in [0.1, 0.15) is 6.61 Å². The van der Waals surface area contributed by atoms with Gasteiger partial charge in [-0.25, -0.2) is 9.59 Å². The number of hydrogen-bond acceptors (Lipinski definition) is 6. The molecule has 0 aromatic heterocycles. The number of alkyl halides is 3. The Morgan fingerprint density at radius 1 is 1.10 bits per heavy atom. The van der Waals surface area contributed by atoms with Crippen LogP contribution in [0.4, 0.5) is 34.1 Å². The minimum atomic E-state index is -4.78. The Morgan fingerprint density at radius 2 is 1.77 bits per heavy atom. The fraction of sp³-hybridized carbons (Fsp3) is 0.333. The van der Waals surface area contributed by atoms with Gasteiger partial charge in [0.2, 0.25) is 5.91 Å². The number of carbonyl (C=O) groups excluding carboxylic acids is 4. The molecular formula is C24H19Cl3F3N3O6. The molecule has 2 fully saturated rings. The molecule has 0 N–H and O–H groups in total. The van der Waals surface area contributed by atoms with Gasteiger partial charge in [0, 0.05) is 5.69 Å². The van der Waals surface area contributed by atoms with E-state index in [1.54, 1.807) is 0 Å². The van der Waals surface area contributed by atoms with Gasteiger partial charge in [-0.15, -0.1) is 0 Å². The Hall–Kier alpha value is -3.22. The summed E-state index contributed by atoms with van der Waals surface area (Å²) in [5, 5.41) is -0.745. The average molecular weight is 609 g/mol. The summed E-state index contributed by atoms with van der Waals surface area (Å²) in [7, 11) is 0. The predicted octanol–water partition coefficient (Wildman–Crippen LogP) is 5.77. The molecule has 2 aliphatic heterocycles. The Labute approximate surface area is 234 Å². The third-order valence-corrected chi connectivity index (χ3v) is 7.04. The predicted molar refractivity (Wildman–Crippen MR) is 135 cm³/mol. The zero-order chi connectivity index (χ0) is 28.6. The number of esters is 1. The molecule has 0 saturated carbocycles. The molecule has 208 valence electrons. The monoisotopic (exact) mass is 607 g/mol. The number of rotatable bonds is 6. The van der Waals surface area contributed by atoms with Crippen molar-refractivity contribution in [2.45, 2.75) is 19.6 Å². The van der Waals surface area contributed by atoms with Crippen LogP contribution < -0.4 is 9.80 Å². The Morgan fingerprint density at radius 3 is 2.33 bits per heavy atom. The molecule has 2 aromatic rings. The zero-order valence-corrected chi connectivity index (χ0v) is 22.3. The van der Waals surface area contributed by atoms with E-state index in [-0.39, 0.29) is 46.7 Å². The number of benzene rings is 2. The lowest BCUT2D eigenvalue weighted by Gasteiger charge is -2.38. The van der Waals surface area contributed by atoms with Crippen LogP contribution in [0.15, 0.2) is 30.3 Å². The van der Waals surface area contributed by atoms with Crippen molar-refractivity contribution >= 4 is 70.2 Å². The van der Waals surface area contributed by atoms with Crippen LogP contribution in [0.3, 0.4) is 0 Å². The molecule has 2 aliphatic rings. The Balaban J connectivity index is 1.74. The number of halogens is 6. The summed E-state index contributed by atoms with van der Waals surface area (Å²) in [6, 6.07) is 4.73. The third-order valence-electron chi connectivity index (χ3n) is 6.02. The molecule has 2 heterocycles. The molecule has 2 saturated heterocycles. The molecule has 15 heteroatoms. The Kier molecular flexibility index (Phi) is 8.20. The van der Waals surface area contributed by atoms with Crippen LogP contribution in [0.1, 0.15) is 18.1 Å². The van der Waals surface area contributed by atoms with E-state index in [1.807, 2.05) is 0 Å². The highest BCUT2D eigenvalue weighted by molar-refractivity contribution is 6.40. The number of carbonyl (C=O) groups is 4. The first kappa shape index (κ1) is 28.8. The fourth-order valence-electron chi connectivity index (χ4n) is 4.20. The summed E-state index contributed by atoms with van der Waals surface area (Å²) >= 11 is 18.8. The van der Waals surface area contributed by atoms with Gasteiger partial charge in [-0.3, -0.25) is 24.3 Å². The molecule has 0 bridgehead atoms. The van der Waals surface area contributed by atoms with Crippen LogP contribution in [-0.4, -0.2) is 55.2 Å². The molecule has 1 unspecified atom stereocenters. The van der Waals surface area contributed by atoms with Crippen LogP contribution in [-0.2, 0) is 31.8 Å². The smallest absolute Gasteiger partial charge is 0.417 e. The average Bonchev–Trinajstić information content (AvgIpc) is 3.27. The molecular weight excluding hydrogens is 590 g/mol. The molecule has 0 aliphatic carbocycles. The SMILES string of the molecule is CCOC(=O)C1CN(c2cc(Cl)c(N3CCOC3=O)c(Cl)c2)C(=O)N(Cc2cccc(C(F)(F)F)c2Cl)C1=O. The molecule has 4 rings (SSSR count). The van der Waals surface area contributed by atoms with Crippen molar-refractivity contribution in [1.29, 1.82) is 0 Å². The lowest BCUT2D eigenvalue weighted by Crippen LogP contribution is -2.58. The Bertz CT molecular complexity index is 1330. The number of nitrogens with zero attached hydrogens (tertiary/aromatic N) is 3. The standard InChI is InChI=1S/C24H19Cl3F3N3O6/c1-2-38-21(35)14-11-32(13-8-16(25)19(17(26)9-13)31-6-7-39-23(31)37)22(36)33(20(14)34)10-12-4-3-5-15(18(12)27)24(28,29)30/h3-5,8-9,14H,2,6-7,10-11H2,1H3. The summed E-state index contributed by atoms with van der Waals surface area (Å²) in [6.07, 6.45) is -5.45. The minimum Gasteiger partial charge on any atom is -0.465 e. The topological polar surface area (TPSA) is 96.5 Å². The second-order valence-electron chi connectivity index (χ2n) is 8.42. The highest BCUT2D eigenvalue weighted by Crippen LogP contribution is 2.41. The number of hydrogen-bond donors (Lipinski definition) is 0. The van der Waals surface area contributed by atoms with Gasteiger partial charge in [0.15, 0.2) is 5.92 Å². The van der Waals surface area contributed by atoms with Gasteiger partial charge in [-0.1, -0.05) is 46.9 Å². The lowest BCUT2D eigenvalue weighted by molar-refractivity contribution is -0.154. The summed E-state index contributed by atoms with van der Waals surface area (Å²) in [5.41, 5.74) is -1.11. The maximum atomic E-state index is 13.5. The molecule has 4 amide bonds. The molecule has 1 atom stereocenters. The van der Waals surface area contributed by atoms with Gasteiger partial charge in [-0.05, 0) is 30.7 Å². The van der Waals surface area contributed by atoms with Crippen molar-refractivity contribution in [2.75, 3.05) is 36.1 Å². The summed E-state index contributed by atoms with van der Waals surface area (Å²) in [4.78, 5) is 54.2. The first-order valence-corrected chi connectivity index (χ1v) is 12.6. The summed E-state index contributed by atoms with van der Waals surface area (Å²) < 4.78 is 50.0. The molecule has 2 aromatic carbocycles. The maximum Gasteiger partial charge on any atom is 0.417 e. The van der Waals surface area contributed by atoms with E-state index in [2.05, 4.69) is 0 Å². The first-order valence-electron chi connectivity index (χ1n) is 11.4. The van der Waals surface area contributed by atoms with E-state index < -0.39 is 59.8 Å². The number of imide groups is 1. The van der Waals surface area contributed by atoms with Crippen LogP contribution >= 0.6 is 34.8 Å². The van der Waals surface area contributed by atoms with Crippen molar-refractivity contribution < 1.29 is 41.8 Å². The zero-order valence-electron chi connectivity index (χ0n) is 20.1. The van der Waals surface area contributed by atoms with E-state index in [0.717, 1.165) is 17.0 Å². The minimum absolute atomic E-state index is 0.0267. The van der Waals surface area contributed by atoms with Crippen molar-refractivity contribution in [3.63, 3.8) is 0 Å². The lowest BCUT2D eigenvalue weighted by atomic mass is 10.0. The number of anilines is 2. The quantitative estimate of drug-likeness (QED) is 0.305. The van der Waals surface area contributed by atoms with Crippen molar-refractivity contribution in [1.82, 2.24) is 4.90 Å². The van der Waals surface area contributed by atoms with E-state index in [4.69, 9.17) is 44.3 Å². The highest BCUT2D eigenvalue weighted by Gasteiger charge is 2.45.